The predicted octanol–water partition coefficient (Wildman–Crippen LogP) is 1.82. The smallest absolute Gasteiger partial charge is 0.308 e. The van der Waals surface area contributed by atoms with Crippen molar-refractivity contribution in [1.82, 2.24) is 5.16 Å². The van der Waals surface area contributed by atoms with Gasteiger partial charge in [-0.25, -0.2) is 0 Å². The number of nitrogens with zero attached hydrogens (tertiary/aromatic N) is 1. The minimum absolute atomic E-state index is 0.0562. The summed E-state index contributed by atoms with van der Waals surface area (Å²) in [7, 11) is 0. The van der Waals surface area contributed by atoms with Gasteiger partial charge in [0.1, 0.15) is 0 Å². The third-order valence-corrected chi connectivity index (χ3v) is 3.06. The van der Waals surface area contributed by atoms with Crippen molar-refractivity contribution >= 4 is 27.6 Å². The Morgan fingerprint density at radius 3 is 3.15 bits per heavy atom. The third kappa shape index (κ3) is 1.31. The molecule has 0 unspecified atom stereocenters. The Balaban J connectivity index is 2.51. The van der Waals surface area contributed by atoms with E-state index in [1.807, 2.05) is 6.92 Å². The molecular weight excluding hydrogens is 190 g/mol. The van der Waals surface area contributed by atoms with Crippen LogP contribution in [0.15, 0.2) is 10.7 Å². The van der Waals surface area contributed by atoms with Crippen molar-refractivity contribution in [1.29, 1.82) is 0 Å². The molecule has 0 saturated heterocycles. The highest BCUT2D eigenvalue weighted by molar-refractivity contribution is 7.18. The van der Waals surface area contributed by atoms with Gasteiger partial charge in [0.25, 0.3) is 0 Å². The number of carboxylic acids is 1. The molecular formula is C8H7NO3S. The number of aromatic nitrogens is 1. The Kier molecular flexibility index (Phi) is 1.81. The monoisotopic (exact) mass is 197 g/mol. The average molecular weight is 197 g/mol. The van der Waals surface area contributed by atoms with Crippen molar-refractivity contribution in [3.8, 4) is 0 Å². The Morgan fingerprint density at radius 2 is 2.54 bits per heavy atom. The second-order valence-electron chi connectivity index (χ2n) is 2.75. The van der Waals surface area contributed by atoms with Crippen LogP contribution in [0.5, 0.6) is 0 Å². The minimum atomic E-state index is -0.819. The summed E-state index contributed by atoms with van der Waals surface area (Å²) in [6, 6.07) is 0. The summed E-state index contributed by atoms with van der Waals surface area (Å²) in [6.07, 6.45) is 1.67. The molecule has 1 N–H and O–H groups in total. The van der Waals surface area contributed by atoms with Gasteiger partial charge in [-0.2, -0.15) is 0 Å². The van der Waals surface area contributed by atoms with Crippen molar-refractivity contribution < 1.29 is 14.4 Å². The van der Waals surface area contributed by atoms with Crippen LogP contribution in [0.2, 0.25) is 0 Å². The van der Waals surface area contributed by atoms with E-state index in [9.17, 15) is 4.79 Å². The molecule has 2 aromatic heterocycles. The number of fused-ring (bicyclic) bond motifs is 1. The van der Waals surface area contributed by atoms with Crippen LogP contribution < -0.4 is 0 Å². The predicted molar refractivity (Wildman–Crippen MR) is 48.0 cm³/mol. The molecule has 2 rings (SSSR count). The first-order chi connectivity index (χ1) is 6.18. The van der Waals surface area contributed by atoms with Crippen LogP contribution in [0.4, 0.5) is 0 Å². The molecule has 0 aromatic carbocycles. The van der Waals surface area contributed by atoms with Gasteiger partial charge in [-0.15, -0.1) is 0 Å². The van der Waals surface area contributed by atoms with Gasteiger partial charge in [0.05, 0.1) is 18.0 Å². The van der Waals surface area contributed by atoms with Crippen molar-refractivity contribution in [2.24, 2.45) is 0 Å². The van der Waals surface area contributed by atoms with Gasteiger partial charge in [-0.3, -0.25) is 4.79 Å². The highest BCUT2D eigenvalue weighted by atomic mass is 32.1. The van der Waals surface area contributed by atoms with Crippen LogP contribution in [0.25, 0.3) is 10.3 Å². The van der Waals surface area contributed by atoms with E-state index in [1.54, 1.807) is 6.20 Å². The zero-order chi connectivity index (χ0) is 9.42. The SMILES string of the molecule is Cc1c(CC(=O)O)sc2oncc12. The van der Waals surface area contributed by atoms with Crippen molar-refractivity contribution in [2.45, 2.75) is 13.3 Å². The van der Waals surface area contributed by atoms with E-state index < -0.39 is 5.97 Å². The summed E-state index contributed by atoms with van der Waals surface area (Å²) >= 11 is 1.35. The van der Waals surface area contributed by atoms with Crippen LogP contribution in [0, 0.1) is 6.92 Å². The first-order valence-corrected chi connectivity index (χ1v) is 4.54. The molecule has 2 heterocycles. The maximum absolute atomic E-state index is 10.5. The molecule has 0 aliphatic rings. The van der Waals surface area contributed by atoms with E-state index in [4.69, 9.17) is 9.63 Å². The highest BCUT2D eigenvalue weighted by Crippen LogP contribution is 2.30. The van der Waals surface area contributed by atoms with Crippen molar-refractivity contribution in [2.75, 3.05) is 0 Å². The summed E-state index contributed by atoms with van der Waals surface area (Å²) in [4.78, 5) is 12.0. The lowest BCUT2D eigenvalue weighted by Gasteiger charge is -1.91. The molecule has 68 valence electrons. The number of carbonyl (C=O) groups is 1. The van der Waals surface area contributed by atoms with Crippen molar-refractivity contribution in [3.63, 3.8) is 0 Å². The number of rotatable bonds is 2. The lowest BCUT2D eigenvalue weighted by Crippen LogP contribution is -1.98. The Labute approximate surface area is 77.8 Å². The number of carboxylic acid groups (broad SMARTS) is 1. The van der Waals surface area contributed by atoms with Crippen LogP contribution in [0.3, 0.4) is 0 Å². The van der Waals surface area contributed by atoms with Gasteiger partial charge >= 0.3 is 5.97 Å². The number of aryl methyl sites for hydroxylation is 1. The van der Waals surface area contributed by atoms with Crippen LogP contribution >= 0.6 is 11.3 Å². The maximum atomic E-state index is 10.5. The molecule has 0 radical (unpaired) electrons. The average Bonchev–Trinajstić information content (AvgIpc) is 2.56. The van der Waals surface area contributed by atoms with Gasteiger partial charge in [0.15, 0.2) is 0 Å². The topological polar surface area (TPSA) is 63.3 Å². The fourth-order valence-corrected chi connectivity index (χ4v) is 2.28. The number of hydrogen-bond acceptors (Lipinski definition) is 4. The first-order valence-electron chi connectivity index (χ1n) is 3.73. The zero-order valence-corrected chi connectivity index (χ0v) is 7.72. The Hall–Kier alpha value is -1.36. The standard InChI is InChI=1S/C8H7NO3S/c1-4-5-3-9-12-8(5)13-6(4)2-7(10)11/h3H,2H2,1H3,(H,10,11). The lowest BCUT2D eigenvalue weighted by atomic mass is 10.2. The second kappa shape index (κ2) is 2.85. The third-order valence-electron chi connectivity index (χ3n) is 1.89. The lowest BCUT2D eigenvalue weighted by molar-refractivity contribution is -0.136. The summed E-state index contributed by atoms with van der Waals surface area (Å²) in [6.45, 7) is 1.88. The van der Waals surface area contributed by atoms with Gasteiger partial charge < -0.3 is 9.63 Å². The maximum Gasteiger partial charge on any atom is 0.308 e. The molecule has 5 heteroatoms. The molecule has 0 atom stereocenters. The van der Waals surface area contributed by atoms with Crippen molar-refractivity contribution in [3.05, 3.63) is 16.6 Å². The second-order valence-corrected chi connectivity index (χ2v) is 3.82. The molecule has 0 spiro atoms. The summed E-state index contributed by atoms with van der Waals surface area (Å²) in [5.74, 6) is -0.819. The zero-order valence-electron chi connectivity index (χ0n) is 6.90. The normalized spacial score (nSPS) is 10.8. The molecule has 0 fully saturated rings. The van der Waals surface area contributed by atoms with Crippen LogP contribution in [-0.4, -0.2) is 16.2 Å². The molecule has 4 nitrogen and oxygen atoms in total. The molecule has 0 bridgehead atoms. The number of thiophene rings is 1. The van der Waals surface area contributed by atoms with E-state index in [2.05, 4.69) is 5.16 Å². The van der Waals surface area contributed by atoms with Gasteiger partial charge in [-0.05, 0) is 12.5 Å². The molecule has 2 aromatic rings. The molecule has 0 aliphatic heterocycles. The number of aliphatic carboxylic acids is 1. The summed E-state index contributed by atoms with van der Waals surface area (Å²) < 4.78 is 4.94. The van der Waals surface area contributed by atoms with Gasteiger partial charge in [0.2, 0.25) is 4.90 Å². The highest BCUT2D eigenvalue weighted by Gasteiger charge is 2.13. The molecule has 0 saturated carbocycles. The van der Waals surface area contributed by atoms with Crippen LogP contribution in [-0.2, 0) is 11.2 Å². The van der Waals surface area contributed by atoms with Crippen LogP contribution in [0.1, 0.15) is 10.4 Å². The summed E-state index contributed by atoms with van der Waals surface area (Å²) in [5, 5.41) is 13.2. The van der Waals surface area contributed by atoms with E-state index in [-0.39, 0.29) is 6.42 Å². The Bertz CT molecular complexity index is 457. The fraction of sp³-hybridized carbons (Fsp3) is 0.250. The quantitative estimate of drug-likeness (QED) is 0.797. The molecule has 0 aliphatic carbocycles. The fourth-order valence-electron chi connectivity index (χ4n) is 1.20. The number of hydrogen-bond donors (Lipinski definition) is 1. The largest absolute Gasteiger partial charge is 0.481 e. The minimum Gasteiger partial charge on any atom is -0.481 e. The Morgan fingerprint density at radius 1 is 1.77 bits per heavy atom. The van der Waals surface area contributed by atoms with E-state index in [0.29, 0.717) is 4.90 Å². The molecule has 13 heavy (non-hydrogen) atoms. The van der Waals surface area contributed by atoms with Gasteiger partial charge in [-0.1, -0.05) is 16.5 Å². The van der Waals surface area contributed by atoms with E-state index in [1.165, 1.54) is 11.3 Å². The van der Waals surface area contributed by atoms with E-state index >= 15 is 0 Å². The first kappa shape index (κ1) is 8.25. The van der Waals surface area contributed by atoms with Gasteiger partial charge in [0, 0.05) is 4.88 Å². The summed E-state index contributed by atoms with van der Waals surface area (Å²) in [5.41, 5.74) is 0.962. The van der Waals surface area contributed by atoms with E-state index in [0.717, 1.165) is 15.8 Å². The molecule has 0 amide bonds.